The minimum atomic E-state index is -0.394. The monoisotopic (exact) mass is 408 g/mol. The number of nitrogens with one attached hydrogen (secondary N) is 1. The summed E-state index contributed by atoms with van der Waals surface area (Å²) in [6, 6.07) is 6.56. The second-order valence-electron chi connectivity index (χ2n) is 6.99. The van der Waals surface area contributed by atoms with E-state index in [-0.39, 0.29) is 12.0 Å². The SMILES string of the molecule is Cc1ncc(C(=O)N2CCO[C@H](c3ccc(Nc4ccc(F)cn4)cn3)C2)c(C)n1. The van der Waals surface area contributed by atoms with Gasteiger partial charge in [-0.05, 0) is 38.1 Å². The Balaban J connectivity index is 1.44. The zero-order valence-corrected chi connectivity index (χ0v) is 16.7. The molecule has 0 aliphatic carbocycles. The fraction of sp³-hybridized carbons (Fsp3) is 0.286. The van der Waals surface area contributed by atoms with Gasteiger partial charge in [0.2, 0.25) is 0 Å². The largest absolute Gasteiger partial charge is 0.368 e. The maximum Gasteiger partial charge on any atom is 0.257 e. The molecule has 154 valence electrons. The van der Waals surface area contributed by atoms with Crippen LogP contribution in [0, 0.1) is 19.7 Å². The van der Waals surface area contributed by atoms with Gasteiger partial charge < -0.3 is 15.0 Å². The molecule has 3 aromatic heterocycles. The summed E-state index contributed by atoms with van der Waals surface area (Å²) in [5, 5.41) is 3.06. The molecule has 30 heavy (non-hydrogen) atoms. The molecule has 1 N–H and O–H groups in total. The van der Waals surface area contributed by atoms with Crippen molar-refractivity contribution in [2.75, 3.05) is 25.0 Å². The van der Waals surface area contributed by atoms with Crippen molar-refractivity contribution in [2.24, 2.45) is 0 Å². The number of ether oxygens (including phenoxy) is 1. The minimum Gasteiger partial charge on any atom is -0.368 e. The second-order valence-corrected chi connectivity index (χ2v) is 6.99. The van der Waals surface area contributed by atoms with Crippen LogP contribution in [-0.2, 0) is 4.74 Å². The summed E-state index contributed by atoms with van der Waals surface area (Å²) in [4.78, 5) is 31.5. The van der Waals surface area contributed by atoms with Crippen LogP contribution in [0.5, 0.6) is 0 Å². The van der Waals surface area contributed by atoms with Crippen molar-refractivity contribution in [3.8, 4) is 0 Å². The molecule has 0 spiro atoms. The number of carbonyl (C=O) groups excluding carboxylic acids is 1. The lowest BCUT2D eigenvalue weighted by Gasteiger charge is -2.33. The molecule has 0 bridgehead atoms. The lowest BCUT2D eigenvalue weighted by atomic mass is 10.1. The van der Waals surface area contributed by atoms with Gasteiger partial charge in [-0.1, -0.05) is 0 Å². The first-order valence-electron chi connectivity index (χ1n) is 9.55. The van der Waals surface area contributed by atoms with E-state index >= 15 is 0 Å². The third-order valence-electron chi connectivity index (χ3n) is 4.80. The van der Waals surface area contributed by atoms with Gasteiger partial charge in [-0.2, -0.15) is 0 Å². The molecular weight excluding hydrogens is 387 g/mol. The van der Waals surface area contributed by atoms with Gasteiger partial charge >= 0.3 is 0 Å². The summed E-state index contributed by atoms with van der Waals surface area (Å²) in [6.07, 6.45) is 4.05. The average molecular weight is 408 g/mol. The number of nitrogens with zero attached hydrogens (tertiary/aromatic N) is 5. The number of hydrogen-bond acceptors (Lipinski definition) is 7. The Bertz CT molecular complexity index is 1040. The highest BCUT2D eigenvalue weighted by atomic mass is 19.1. The van der Waals surface area contributed by atoms with Gasteiger partial charge in [0.25, 0.3) is 5.91 Å². The summed E-state index contributed by atoms with van der Waals surface area (Å²) < 4.78 is 18.8. The number of pyridine rings is 2. The topological polar surface area (TPSA) is 93.1 Å². The molecule has 4 heterocycles. The van der Waals surface area contributed by atoms with Crippen LogP contribution in [0.4, 0.5) is 15.9 Å². The van der Waals surface area contributed by atoms with Crippen molar-refractivity contribution in [3.05, 3.63) is 71.4 Å². The second kappa shape index (κ2) is 8.50. The molecule has 0 radical (unpaired) electrons. The molecule has 9 heteroatoms. The molecule has 4 rings (SSSR count). The van der Waals surface area contributed by atoms with E-state index in [0.717, 1.165) is 11.9 Å². The van der Waals surface area contributed by atoms with E-state index in [9.17, 15) is 9.18 Å². The Labute approximate surface area is 173 Å². The van der Waals surface area contributed by atoms with Crippen LogP contribution in [0.3, 0.4) is 0 Å². The summed E-state index contributed by atoms with van der Waals surface area (Å²) in [7, 11) is 0. The number of anilines is 2. The molecule has 0 unspecified atom stereocenters. The highest BCUT2D eigenvalue weighted by Crippen LogP contribution is 2.24. The first-order chi connectivity index (χ1) is 14.5. The molecule has 1 aliphatic heterocycles. The van der Waals surface area contributed by atoms with Gasteiger partial charge in [-0.3, -0.25) is 9.78 Å². The van der Waals surface area contributed by atoms with Crippen LogP contribution in [0.1, 0.15) is 33.7 Å². The maximum atomic E-state index is 13.0. The first kappa shape index (κ1) is 19.8. The summed E-state index contributed by atoms with van der Waals surface area (Å²) in [5.41, 5.74) is 2.61. The van der Waals surface area contributed by atoms with Crippen molar-refractivity contribution < 1.29 is 13.9 Å². The van der Waals surface area contributed by atoms with Crippen LogP contribution in [0.15, 0.2) is 42.9 Å². The number of carbonyl (C=O) groups is 1. The van der Waals surface area contributed by atoms with Crippen molar-refractivity contribution >= 4 is 17.4 Å². The smallest absolute Gasteiger partial charge is 0.257 e. The van der Waals surface area contributed by atoms with Crippen LogP contribution in [0.2, 0.25) is 0 Å². The molecule has 0 aromatic carbocycles. The van der Waals surface area contributed by atoms with E-state index < -0.39 is 5.82 Å². The summed E-state index contributed by atoms with van der Waals surface area (Å²) in [5.74, 6) is 0.654. The van der Waals surface area contributed by atoms with Crippen LogP contribution in [0.25, 0.3) is 0 Å². The van der Waals surface area contributed by atoms with E-state index in [1.165, 1.54) is 6.07 Å². The molecule has 1 saturated heterocycles. The van der Waals surface area contributed by atoms with Crippen LogP contribution < -0.4 is 5.32 Å². The van der Waals surface area contributed by atoms with E-state index in [2.05, 4.69) is 25.3 Å². The zero-order chi connectivity index (χ0) is 21.1. The molecule has 1 atom stereocenters. The van der Waals surface area contributed by atoms with E-state index in [1.54, 1.807) is 30.3 Å². The Hall–Kier alpha value is -3.46. The lowest BCUT2D eigenvalue weighted by Crippen LogP contribution is -2.42. The summed E-state index contributed by atoms with van der Waals surface area (Å²) >= 11 is 0. The van der Waals surface area contributed by atoms with Gasteiger partial charge in [-0.15, -0.1) is 0 Å². The van der Waals surface area contributed by atoms with Crippen LogP contribution >= 0.6 is 0 Å². The van der Waals surface area contributed by atoms with Gasteiger partial charge in [0.15, 0.2) is 0 Å². The third kappa shape index (κ3) is 4.41. The molecule has 3 aromatic rings. The Morgan fingerprint density at radius 2 is 2.00 bits per heavy atom. The average Bonchev–Trinajstić information content (AvgIpc) is 2.76. The third-order valence-corrected chi connectivity index (χ3v) is 4.80. The number of aromatic nitrogens is 4. The number of hydrogen-bond donors (Lipinski definition) is 1. The van der Waals surface area contributed by atoms with E-state index in [0.29, 0.717) is 48.3 Å². The highest BCUT2D eigenvalue weighted by molar-refractivity contribution is 5.95. The van der Waals surface area contributed by atoms with Crippen molar-refractivity contribution in [3.63, 3.8) is 0 Å². The summed E-state index contributed by atoms with van der Waals surface area (Å²) in [6.45, 7) is 4.92. The Kier molecular flexibility index (Phi) is 5.62. The predicted molar refractivity (Wildman–Crippen MR) is 108 cm³/mol. The molecule has 1 fully saturated rings. The Morgan fingerprint density at radius 1 is 1.13 bits per heavy atom. The molecule has 1 aliphatic rings. The Morgan fingerprint density at radius 3 is 2.70 bits per heavy atom. The molecular formula is C21H21FN6O2. The normalized spacial score (nSPS) is 16.4. The lowest BCUT2D eigenvalue weighted by molar-refractivity contribution is -0.0247. The number of aryl methyl sites for hydroxylation is 2. The molecule has 8 nitrogen and oxygen atoms in total. The quantitative estimate of drug-likeness (QED) is 0.709. The molecule has 0 saturated carbocycles. The minimum absolute atomic E-state index is 0.110. The zero-order valence-electron chi connectivity index (χ0n) is 16.7. The fourth-order valence-electron chi connectivity index (χ4n) is 3.24. The fourth-order valence-corrected chi connectivity index (χ4v) is 3.24. The molecule has 1 amide bonds. The van der Waals surface area contributed by atoms with E-state index in [1.807, 2.05) is 19.1 Å². The van der Waals surface area contributed by atoms with Crippen molar-refractivity contribution in [2.45, 2.75) is 20.0 Å². The highest BCUT2D eigenvalue weighted by Gasteiger charge is 2.28. The first-order valence-corrected chi connectivity index (χ1v) is 9.55. The van der Waals surface area contributed by atoms with Gasteiger partial charge in [0.1, 0.15) is 23.6 Å². The predicted octanol–water partition coefficient (Wildman–Crippen LogP) is 2.98. The number of rotatable bonds is 4. The number of amides is 1. The standard InChI is InChI=1S/C21H21FN6O2/c1-13-17(11-23-14(2)26-13)21(29)28-7-8-30-19(12-28)18-5-4-16(10-24-18)27-20-6-3-15(22)9-25-20/h3-6,9-11,19H,7-8,12H2,1-2H3,(H,25,27)/t19-/m0/s1. The van der Waals surface area contributed by atoms with Gasteiger partial charge in [-0.25, -0.2) is 19.3 Å². The number of halogens is 1. The van der Waals surface area contributed by atoms with Gasteiger partial charge in [0.05, 0.1) is 48.2 Å². The number of morpholine rings is 1. The van der Waals surface area contributed by atoms with Crippen molar-refractivity contribution in [1.82, 2.24) is 24.8 Å². The van der Waals surface area contributed by atoms with E-state index in [4.69, 9.17) is 4.74 Å². The van der Waals surface area contributed by atoms with Crippen LogP contribution in [-0.4, -0.2) is 50.4 Å². The maximum absolute atomic E-state index is 13.0. The van der Waals surface area contributed by atoms with Gasteiger partial charge in [0, 0.05) is 12.7 Å². The van der Waals surface area contributed by atoms with Crippen molar-refractivity contribution in [1.29, 1.82) is 0 Å².